The number of allylic oxidation sites excluding steroid dienone is 1. The summed E-state index contributed by atoms with van der Waals surface area (Å²) in [6, 6.07) is 5.23. The standard InChI is InChI=1S/C20H20O5S/c1-20(2)9-8-14-17(24-12-23-3)11-16(22)18(19(14)25-20)15(21)7-6-13-5-4-10-26-13/h4-11,22H,12H2,1-3H3/b7-6+. The van der Waals surface area contributed by atoms with E-state index in [4.69, 9.17) is 14.2 Å². The van der Waals surface area contributed by atoms with Crippen LogP contribution in [0, 0.1) is 0 Å². The molecule has 2 heterocycles. The van der Waals surface area contributed by atoms with Crippen molar-refractivity contribution in [3.05, 3.63) is 51.7 Å². The fourth-order valence-corrected chi connectivity index (χ4v) is 3.21. The molecule has 1 aliphatic heterocycles. The van der Waals surface area contributed by atoms with E-state index in [9.17, 15) is 9.90 Å². The van der Waals surface area contributed by atoms with E-state index in [0.29, 0.717) is 17.1 Å². The minimum absolute atomic E-state index is 0.0225. The maximum Gasteiger partial charge on any atom is 0.193 e. The van der Waals surface area contributed by atoms with E-state index < -0.39 is 5.60 Å². The van der Waals surface area contributed by atoms with E-state index in [-0.39, 0.29) is 23.9 Å². The molecule has 1 aliphatic rings. The molecule has 5 nitrogen and oxygen atoms in total. The summed E-state index contributed by atoms with van der Waals surface area (Å²) in [5.74, 6) is 0.174. The van der Waals surface area contributed by atoms with Crippen molar-refractivity contribution in [1.82, 2.24) is 0 Å². The van der Waals surface area contributed by atoms with Crippen LogP contribution in [0.15, 0.2) is 35.7 Å². The molecular formula is C20H20O5S. The third-order valence-electron chi connectivity index (χ3n) is 3.80. The number of fused-ring (bicyclic) bond motifs is 1. The summed E-state index contributed by atoms with van der Waals surface area (Å²) < 4.78 is 16.4. The SMILES string of the molecule is COCOc1cc(O)c(C(=O)/C=C/c2cccs2)c2c1C=CC(C)(C)O2. The molecule has 0 aliphatic carbocycles. The predicted octanol–water partition coefficient (Wildman–Crippen LogP) is 4.52. The van der Waals surface area contributed by atoms with Gasteiger partial charge in [0.05, 0.1) is 5.56 Å². The number of methoxy groups -OCH3 is 1. The van der Waals surface area contributed by atoms with Crippen LogP contribution in [0.25, 0.3) is 12.2 Å². The summed E-state index contributed by atoms with van der Waals surface area (Å²) in [6.45, 7) is 3.78. The fraction of sp³-hybridized carbons (Fsp3) is 0.250. The molecule has 0 bridgehead atoms. The summed E-state index contributed by atoms with van der Waals surface area (Å²) in [5, 5.41) is 12.4. The van der Waals surface area contributed by atoms with E-state index in [1.165, 1.54) is 30.6 Å². The lowest BCUT2D eigenvalue weighted by molar-refractivity contribution is 0.0502. The summed E-state index contributed by atoms with van der Waals surface area (Å²) in [5.41, 5.74) is 0.119. The average molecular weight is 372 g/mol. The number of ether oxygens (including phenoxy) is 3. The maximum atomic E-state index is 12.8. The van der Waals surface area contributed by atoms with Crippen molar-refractivity contribution in [1.29, 1.82) is 0 Å². The van der Waals surface area contributed by atoms with Crippen molar-refractivity contribution in [3.8, 4) is 17.2 Å². The molecule has 0 fully saturated rings. The van der Waals surface area contributed by atoms with Gasteiger partial charge in [0.15, 0.2) is 12.6 Å². The molecular weight excluding hydrogens is 352 g/mol. The number of benzene rings is 1. The van der Waals surface area contributed by atoms with Crippen molar-refractivity contribution in [3.63, 3.8) is 0 Å². The molecule has 26 heavy (non-hydrogen) atoms. The van der Waals surface area contributed by atoms with Crippen molar-refractivity contribution in [2.24, 2.45) is 0 Å². The van der Waals surface area contributed by atoms with Crippen LogP contribution < -0.4 is 9.47 Å². The van der Waals surface area contributed by atoms with E-state index in [1.807, 2.05) is 43.5 Å². The second-order valence-electron chi connectivity index (χ2n) is 6.31. The lowest BCUT2D eigenvalue weighted by Gasteiger charge is -2.30. The van der Waals surface area contributed by atoms with Crippen LogP contribution in [0.4, 0.5) is 0 Å². The number of hydrogen-bond acceptors (Lipinski definition) is 6. The number of phenols is 1. The molecule has 1 aromatic carbocycles. The fourth-order valence-electron chi connectivity index (χ4n) is 2.59. The lowest BCUT2D eigenvalue weighted by atomic mass is 9.96. The van der Waals surface area contributed by atoms with Gasteiger partial charge in [-0.1, -0.05) is 6.07 Å². The number of rotatable bonds is 6. The number of carbonyl (C=O) groups is 1. The smallest absolute Gasteiger partial charge is 0.193 e. The van der Waals surface area contributed by atoms with Gasteiger partial charge in [0.1, 0.15) is 28.4 Å². The van der Waals surface area contributed by atoms with E-state index in [2.05, 4.69) is 0 Å². The van der Waals surface area contributed by atoms with Crippen molar-refractivity contribution < 1.29 is 24.1 Å². The molecule has 0 spiro atoms. The Hall–Kier alpha value is -2.57. The molecule has 0 saturated carbocycles. The van der Waals surface area contributed by atoms with Gasteiger partial charge in [-0.25, -0.2) is 0 Å². The number of carbonyl (C=O) groups excluding carboxylic acids is 1. The number of aromatic hydroxyl groups is 1. The quantitative estimate of drug-likeness (QED) is 0.459. The first kappa shape index (κ1) is 18.2. The first-order valence-corrected chi connectivity index (χ1v) is 8.95. The van der Waals surface area contributed by atoms with Gasteiger partial charge in [-0.05, 0) is 49.6 Å². The maximum absolute atomic E-state index is 12.8. The first-order valence-electron chi connectivity index (χ1n) is 8.07. The van der Waals surface area contributed by atoms with E-state index in [1.54, 1.807) is 6.08 Å². The van der Waals surface area contributed by atoms with Gasteiger partial charge < -0.3 is 19.3 Å². The Balaban J connectivity index is 2.05. The highest BCUT2D eigenvalue weighted by Gasteiger charge is 2.30. The van der Waals surface area contributed by atoms with Gasteiger partial charge in [0, 0.05) is 18.1 Å². The molecule has 0 saturated heterocycles. The summed E-state index contributed by atoms with van der Waals surface area (Å²) in [6.07, 6.45) is 6.87. The Morgan fingerprint density at radius 3 is 2.92 bits per heavy atom. The monoisotopic (exact) mass is 372 g/mol. The Morgan fingerprint density at radius 1 is 1.42 bits per heavy atom. The second-order valence-corrected chi connectivity index (χ2v) is 7.29. The van der Waals surface area contributed by atoms with Gasteiger partial charge >= 0.3 is 0 Å². The normalized spacial score (nSPS) is 14.9. The second kappa shape index (κ2) is 7.35. The lowest BCUT2D eigenvalue weighted by Crippen LogP contribution is -2.28. The molecule has 3 rings (SSSR count). The van der Waals surface area contributed by atoms with Crippen molar-refractivity contribution in [2.45, 2.75) is 19.4 Å². The van der Waals surface area contributed by atoms with Gasteiger partial charge in [-0.3, -0.25) is 4.79 Å². The molecule has 1 aromatic heterocycles. The number of thiophene rings is 1. The van der Waals surface area contributed by atoms with E-state index >= 15 is 0 Å². The third kappa shape index (κ3) is 3.81. The summed E-state index contributed by atoms with van der Waals surface area (Å²) >= 11 is 1.53. The van der Waals surface area contributed by atoms with Gasteiger partial charge in [0.25, 0.3) is 0 Å². The van der Waals surface area contributed by atoms with Crippen LogP contribution in [0.5, 0.6) is 17.2 Å². The van der Waals surface area contributed by atoms with Crippen LogP contribution in [-0.4, -0.2) is 30.4 Å². The van der Waals surface area contributed by atoms with Crippen molar-refractivity contribution >= 4 is 29.3 Å². The Kier molecular flexibility index (Phi) is 5.15. The zero-order chi connectivity index (χ0) is 18.7. The minimum atomic E-state index is -0.605. The number of phenolic OH excluding ortho intramolecular Hbond substituents is 1. The van der Waals surface area contributed by atoms with Crippen LogP contribution in [0.3, 0.4) is 0 Å². The summed E-state index contributed by atoms with van der Waals surface area (Å²) in [7, 11) is 1.51. The van der Waals surface area contributed by atoms with Gasteiger partial charge in [-0.15, -0.1) is 11.3 Å². The highest BCUT2D eigenvalue weighted by molar-refractivity contribution is 7.10. The minimum Gasteiger partial charge on any atom is -0.507 e. The Bertz CT molecular complexity index is 863. The van der Waals surface area contributed by atoms with Crippen LogP contribution in [0.1, 0.15) is 34.6 Å². The molecule has 0 atom stereocenters. The highest BCUT2D eigenvalue weighted by atomic mass is 32.1. The first-order chi connectivity index (χ1) is 12.4. The Labute approximate surface area is 156 Å². The molecule has 136 valence electrons. The molecule has 0 unspecified atom stereocenters. The van der Waals surface area contributed by atoms with Crippen LogP contribution in [0.2, 0.25) is 0 Å². The number of ketones is 1. The topological polar surface area (TPSA) is 65.0 Å². The molecule has 1 N–H and O–H groups in total. The van der Waals surface area contributed by atoms with Crippen LogP contribution in [-0.2, 0) is 4.74 Å². The van der Waals surface area contributed by atoms with Gasteiger partial charge in [0.2, 0.25) is 0 Å². The highest BCUT2D eigenvalue weighted by Crippen LogP contribution is 2.44. The Morgan fingerprint density at radius 2 is 2.23 bits per heavy atom. The van der Waals surface area contributed by atoms with Gasteiger partial charge in [-0.2, -0.15) is 0 Å². The predicted molar refractivity (Wildman–Crippen MR) is 102 cm³/mol. The zero-order valence-electron chi connectivity index (χ0n) is 14.8. The van der Waals surface area contributed by atoms with E-state index in [0.717, 1.165) is 4.88 Å². The summed E-state index contributed by atoms with van der Waals surface area (Å²) in [4.78, 5) is 13.7. The van der Waals surface area contributed by atoms with Crippen molar-refractivity contribution in [2.75, 3.05) is 13.9 Å². The number of hydrogen-bond donors (Lipinski definition) is 1. The zero-order valence-corrected chi connectivity index (χ0v) is 15.6. The van der Waals surface area contributed by atoms with Crippen LogP contribution >= 0.6 is 11.3 Å². The molecule has 6 heteroatoms. The molecule has 2 aromatic rings. The largest absolute Gasteiger partial charge is 0.507 e. The molecule has 0 amide bonds. The third-order valence-corrected chi connectivity index (χ3v) is 4.64. The average Bonchev–Trinajstić information content (AvgIpc) is 3.10. The molecule has 0 radical (unpaired) electrons.